The molecule has 1 aliphatic rings. The van der Waals surface area contributed by atoms with Gasteiger partial charge in [0.05, 0.1) is 11.4 Å². The van der Waals surface area contributed by atoms with Gasteiger partial charge in [0.2, 0.25) is 11.7 Å². The molecule has 1 fully saturated rings. The van der Waals surface area contributed by atoms with Gasteiger partial charge in [-0.2, -0.15) is 4.98 Å². The van der Waals surface area contributed by atoms with Crippen LogP contribution in [0.1, 0.15) is 25.2 Å². The summed E-state index contributed by atoms with van der Waals surface area (Å²) < 4.78 is 5.44. The summed E-state index contributed by atoms with van der Waals surface area (Å²) in [6.45, 7) is 3.15. The lowest BCUT2D eigenvalue weighted by molar-refractivity contribution is 0.345. The molecule has 1 N–H and O–H groups in total. The summed E-state index contributed by atoms with van der Waals surface area (Å²) >= 11 is 0. The maximum absolute atomic E-state index is 5.44. The lowest BCUT2D eigenvalue weighted by Crippen LogP contribution is -2.21. The molecule has 1 aromatic carbocycles. The highest BCUT2D eigenvalue weighted by atomic mass is 16.5. The third kappa shape index (κ3) is 2.19. The molecular weight excluding hydrogens is 264 g/mol. The number of aromatic nitrogens is 3. The minimum Gasteiger partial charge on any atom is -0.339 e. The zero-order valence-electron chi connectivity index (χ0n) is 11.8. The van der Waals surface area contributed by atoms with Gasteiger partial charge in [-0.05, 0) is 32.0 Å². The van der Waals surface area contributed by atoms with E-state index < -0.39 is 0 Å². The van der Waals surface area contributed by atoms with Crippen LogP contribution in [-0.4, -0.2) is 27.7 Å². The molecule has 2 atom stereocenters. The second-order valence-electron chi connectivity index (χ2n) is 5.48. The maximum atomic E-state index is 5.44. The quantitative estimate of drug-likeness (QED) is 0.782. The Hall–Kier alpha value is -2.27. The van der Waals surface area contributed by atoms with Crippen molar-refractivity contribution in [3.63, 3.8) is 0 Å². The predicted molar refractivity (Wildman–Crippen MR) is 79.9 cm³/mol. The zero-order chi connectivity index (χ0) is 14.2. The molecule has 5 nitrogen and oxygen atoms in total. The summed E-state index contributed by atoms with van der Waals surface area (Å²) in [6, 6.07) is 12.4. The molecule has 0 saturated carbocycles. The van der Waals surface area contributed by atoms with Crippen molar-refractivity contribution in [1.29, 1.82) is 0 Å². The summed E-state index contributed by atoms with van der Waals surface area (Å²) in [7, 11) is 0. The third-order valence-corrected chi connectivity index (χ3v) is 4.11. The molecule has 5 heteroatoms. The number of rotatable bonds is 2. The first-order valence-corrected chi connectivity index (χ1v) is 7.24. The van der Waals surface area contributed by atoms with Crippen molar-refractivity contribution < 1.29 is 4.52 Å². The van der Waals surface area contributed by atoms with Gasteiger partial charge in [0.15, 0.2) is 0 Å². The van der Waals surface area contributed by atoms with Crippen molar-refractivity contribution in [2.75, 3.05) is 6.54 Å². The second kappa shape index (κ2) is 4.93. The smallest absolute Gasteiger partial charge is 0.231 e. The number of para-hydroxylation sites is 1. The van der Waals surface area contributed by atoms with Crippen LogP contribution in [-0.2, 0) is 0 Å². The molecule has 21 heavy (non-hydrogen) atoms. The van der Waals surface area contributed by atoms with Crippen molar-refractivity contribution in [2.45, 2.75) is 25.3 Å². The van der Waals surface area contributed by atoms with E-state index in [9.17, 15) is 0 Å². The van der Waals surface area contributed by atoms with E-state index in [1.807, 2.05) is 36.4 Å². The largest absolute Gasteiger partial charge is 0.339 e. The average molecular weight is 280 g/mol. The lowest BCUT2D eigenvalue weighted by Gasteiger charge is -2.08. The van der Waals surface area contributed by atoms with Crippen molar-refractivity contribution >= 4 is 10.9 Å². The molecule has 1 saturated heterocycles. The molecule has 2 aromatic heterocycles. The molecular formula is C16H16N4O. The topological polar surface area (TPSA) is 63.8 Å². The van der Waals surface area contributed by atoms with Crippen molar-refractivity contribution in [1.82, 2.24) is 20.4 Å². The SMILES string of the molecule is CC1NCCC1c1nc(-c2ccc3ccccc3n2)no1. The number of benzene rings is 1. The number of pyridine rings is 1. The molecule has 2 unspecified atom stereocenters. The van der Waals surface area contributed by atoms with Crippen LogP contribution in [0.5, 0.6) is 0 Å². The van der Waals surface area contributed by atoms with E-state index >= 15 is 0 Å². The van der Waals surface area contributed by atoms with Gasteiger partial charge in [0.1, 0.15) is 5.69 Å². The molecule has 4 rings (SSSR count). The van der Waals surface area contributed by atoms with Gasteiger partial charge in [-0.3, -0.25) is 0 Å². The fourth-order valence-electron chi connectivity index (χ4n) is 2.88. The molecule has 3 aromatic rings. The molecule has 0 amide bonds. The van der Waals surface area contributed by atoms with E-state index in [0.29, 0.717) is 23.7 Å². The minimum atomic E-state index is 0.298. The summed E-state index contributed by atoms with van der Waals surface area (Å²) in [5.74, 6) is 1.57. The van der Waals surface area contributed by atoms with Gasteiger partial charge in [0.25, 0.3) is 0 Å². The van der Waals surface area contributed by atoms with Crippen molar-refractivity contribution in [3.8, 4) is 11.5 Å². The van der Waals surface area contributed by atoms with Gasteiger partial charge < -0.3 is 9.84 Å². The third-order valence-electron chi connectivity index (χ3n) is 4.11. The van der Waals surface area contributed by atoms with E-state index in [-0.39, 0.29) is 0 Å². The molecule has 106 valence electrons. The van der Waals surface area contributed by atoms with Crippen molar-refractivity contribution in [3.05, 3.63) is 42.3 Å². The highest BCUT2D eigenvalue weighted by Crippen LogP contribution is 2.28. The summed E-state index contributed by atoms with van der Waals surface area (Å²) in [5, 5.41) is 8.60. The number of hydrogen-bond donors (Lipinski definition) is 1. The van der Waals surface area contributed by atoms with Gasteiger partial charge in [-0.15, -0.1) is 0 Å². The second-order valence-corrected chi connectivity index (χ2v) is 5.48. The first kappa shape index (κ1) is 12.5. The zero-order valence-corrected chi connectivity index (χ0v) is 11.8. The number of nitrogens with one attached hydrogen (secondary N) is 1. The Balaban J connectivity index is 1.70. The average Bonchev–Trinajstić information content (AvgIpc) is 3.15. The van der Waals surface area contributed by atoms with Crippen LogP contribution in [0.4, 0.5) is 0 Å². The van der Waals surface area contributed by atoms with Gasteiger partial charge in [-0.25, -0.2) is 4.98 Å². The van der Waals surface area contributed by atoms with Gasteiger partial charge in [0, 0.05) is 11.4 Å². The summed E-state index contributed by atoms with van der Waals surface area (Å²) in [4.78, 5) is 9.14. The Labute approximate surface area is 122 Å². The van der Waals surface area contributed by atoms with Crippen molar-refractivity contribution in [2.24, 2.45) is 0 Å². The summed E-state index contributed by atoms with van der Waals surface area (Å²) in [5.41, 5.74) is 1.69. The Bertz CT molecular complexity index is 783. The van der Waals surface area contributed by atoms with E-state index in [1.165, 1.54) is 0 Å². The molecule has 1 aliphatic heterocycles. The standard InChI is InChI=1S/C16H16N4O/c1-10-12(8-9-17-10)16-19-15(20-21-16)14-7-6-11-4-2-3-5-13(11)18-14/h2-7,10,12,17H,8-9H2,1H3. The van der Waals surface area contributed by atoms with E-state index in [1.54, 1.807) is 0 Å². The molecule has 3 heterocycles. The van der Waals surface area contributed by atoms with E-state index in [0.717, 1.165) is 29.6 Å². The lowest BCUT2D eigenvalue weighted by atomic mass is 10.0. The monoisotopic (exact) mass is 280 g/mol. The fraction of sp³-hybridized carbons (Fsp3) is 0.312. The van der Waals surface area contributed by atoms with Crippen LogP contribution in [0.15, 0.2) is 40.9 Å². The van der Waals surface area contributed by atoms with E-state index in [2.05, 4.69) is 27.4 Å². The van der Waals surface area contributed by atoms with Crippen LogP contribution in [0.25, 0.3) is 22.4 Å². The van der Waals surface area contributed by atoms with E-state index in [4.69, 9.17) is 4.52 Å². The van der Waals surface area contributed by atoms with Crippen LogP contribution in [0, 0.1) is 0 Å². The summed E-state index contributed by atoms with van der Waals surface area (Å²) in [6.07, 6.45) is 1.04. The maximum Gasteiger partial charge on any atom is 0.231 e. The highest BCUT2D eigenvalue weighted by Gasteiger charge is 2.29. The molecule has 0 radical (unpaired) electrons. The first-order chi connectivity index (χ1) is 10.3. The fourth-order valence-corrected chi connectivity index (χ4v) is 2.88. The Kier molecular flexibility index (Phi) is 2.93. The molecule has 0 bridgehead atoms. The predicted octanol–water partition coefficient (Wildman–Crippen LogP) is 2.75. The number of nitrogens with zero attached hydrogens (tertiary/aromatic N) is 3. The Morgan fingerprint density at radius 2 is 2.05 bits per heavy atom. The first-order valence-electron chi connectivity index (χ1n) is 7.24. The molecule has 0 aliphatic carbocycles. The Morgan fingerprint density at radius 1 is 1.14 bits per heavy atom. The van der Waals surface area contributed by atoms with Crippen LogP contribution >= 0.6 is 0 Å². The normalized spacial score (nSPS) is 22.0. The van der Waals surface area contributed by atoms with Crippen LogP contribution in [0.3, 0.4) is 0 Å². The Morgan fingerprint density at radius 3 is 2.90 bits per heavy atom. The molecule has 0 spiro atoms. The van der Waals surface area contributed by atoms with Gasteiger partial charge >= 0.3 is 0 Å². The van der Waals surface area contributed by atoms with Crippen LogP contribution < -0.4 is 5.32 Å². The highest BCUT2D eigenvalue weighted by molar-refractivity contribution is 5.80. The minimum absolute atomic E-state index is 0.298. The van der Waals surface area contributed by atoms with Gasteiger partial charge in [-0.1, -0.05) is 29.4 Å². The number of fused-ring (bicyclic) bond motifs is 1. The number of hydrogen-bond acceptors (Lipinski definition) is 5. The van der Waals surface area contributed by atoms with Crippen LogP contribution in [0.2, 0.25) is 0 Å².